The minimum atomic E-state index is -0.418. The molecule has 0 bridgehead atoms. The van der Waals surface area contributed by atoms with Crippen LogP contribution in [-0.4, -0.2) is 56.5 Å². The summed E-state index contributed by atoms with van der Waals surface area (Å²) in [6.07, 6.45) is 6.34. The van der Waals surface area contributed by atoms with E-state index in [9.17, 15) is 9.59 Å². The lowest BCUT2D eigenvalue weighted by Crippen LogP contribution is -2.36. The van der Waals surface area contributed by atoms with Gasteiger partial charge in [-0.1, -0.05) is 12.6 Å². The molecule has 1 amide bonds. The molecule has 3 N–H and O–H groups in total. The second kappa shape index (κ2) is 10.6. The van der Waals surface area contributed by atoms with E-state index in [1.807, 2.05) is 30.3 Å². The van der Waals surface area contributed by atoms with E-state index in [1.165, 1.54) is 18.6 Å². The van der Waals surface area contributed by atoms with Crippen LogP contribution in [0.2, 0.25) is 0 Å². The van der Waals surface area contributed by atoms with Crippen LogP contribution in [-0.2, 0) is 4.79 Å². The van der Waals surface area contributed by atoms with E-state index >= 15 is 0 Å². The van der Waals surface area contributed by atoms with Gasteiger partial charge in [0.25, 0.3) is 5.56 Å². The highest BCUT2D eigenvalue weighted by Crippen LogP contribution is 2.22. The Labute approximate surface area is 214 Å². The van der Waals surface area contributed by atoms with Crippen molar-refractivity contribution >= 4 is 40.0 Å². The highest BCUT2D eigenvalue weighted by atomic mass is 16.1. The van der Waals surface area contributed by atoms with Crippen molar-refractivity contribution in [3.8, 4) is 5.69 Å². The third-order valence-electron chi connectivity index (χ3n) is 6.33. The molecule has 4 aromatic rings. The molecule has 37 heavy (non-hydrogen) atoms. The fourth-order valence-electron chi connectivity index (χ4n) is 4.29. The lowest BCUT2D eigenvalue weighted by molar-refractivity contribution is -0.111. The third-order valence-corrected chi connectivity index (χ3v) is 6.33. The second-order valence-corrected chi connectivity index (χ2v) is 9.02. The molecule has 0 saturated carbocycles. The summed E-state index contributed by atoms with van der Waals surface area (Å²) in [6.45, 7) is 5.68. The van der Waals surface area contributed by atoms with E-state index in [0.29, 0.717) is 29.0 Å². The monoisotopic (exact) mass is 496 g/mol. The van der Waals surface area contributed by atoms with Crippen LogP contribution in [0.5, 0.6) is 0 Å². The fourth-order valence-corrected chi connectivity index (χ4v) is 4.29. The lowest BCUT2D eigenvalue weighted by atomic mass is 10.1. The molecule has 3 heterocycles. The van der Waals surface area contributed by atoms with Gasteiger partial charge in [0.15, 0.2) is 5.65 Å². The molecule has 0 unspecified atom stereocenters. The number of aromatic nitrogens is 4. The number of amides is 1. The van der Waals surface area contributed by atoms with Crippen LogP contribution >= 0.6 is 0 Å². The molecule has 1 fully saturated rings. The number of anilines is 4. The van der Waals surface area contributed by atoms with Gasteiger partial charge in [0.05, 0.1) is 5.69 Å². The number of hydrogen-bond donors (Lipinski definition) is 3. The van der Waals surface area contributed by atoms with Gasteiger partial charge in [0.2, 0.25) is 11.9 Å². The van der Waals surface area contributed by atoms with Crippen LogP contribution in [0.3, 0.4) is 0 Å². The van der Waals surface area contributed by atoms with Gasteiger partial charge in [0, 0.05) is 29.3 Å². The van der Waals surface area contributed by atoms with Crippen LogP contribution in [0.1, 0.15) is 12.8 Å². The number of rotatable bonds is 7. The Kier molecular flexibility index (Phi) is 6.91. The first kappa shape index (κ1) is 24.1. The molecule has 0 spiro atoms. The number of nitrogens with one attached hydrogen (secondary N) is 3. The van der Waals surface area contributed by atoms with Gasteiger partial charge < -0.3 is 20.9 Å². The molecule has 2 aromatic heterocycles. The Hall–Kier alpha value is -4.57. The van der Waals surface area contributed by atoms with E-state index < -0.39 is 5.56 Å². The number of benzene rings is 2. The molecule has 1 aliphatic rings. The first-order chi connectivity index (χ1) is 18.0. The molecule has 0 atom stereocenters. The van der Waals surface area contributed by atoms with Crippen molar-refractivity contribution in [2.24, 2.45) is 0 Å². The zero-order chi connectivity index (χ0) is 25.8. The summed E-state index contributed by atoms with van der Waals surface area (Å²) in [4.78, 5) is 39.4. The number of hydrogen-bond acceptors (Lipinski definition) is 8. The SMILES string of the molecule is C=CC(=O)Nc1cccc(-n2cnc(=O)c3cnc(Nc4ccc(NC5CCN(C)CC5)cc4)nc32)c1. The van der Waals surface area contributed by atoms with Gasteiger partial charge >= 0.3 is 0 Å². The van der Waals surface area contributed by atoms with Crippen molar-refractivity contribution in [1.29, 1.82) is 0 Å². The van der Waals surface area contributed by atoms with E-state index in [4.69, 9.17) is 0 Å². The summed E-state index contributed by atoms with van der Waals surface area (Å²) < 4.78 is 1.68. The average Bonchev–Trinajstić information content (AvgIpc) is 2.91. The Morgan fingerprint density at radius 2 is 1.81 bits per heavy atom. The zero-order valence-electron chi connectivity index (χ0n) is 20.5. The number of carbonyl (C=O) groups excluding carboxylic acids is 1. The summed E-state index contributed by atoms with van der Waals surface area (Å²) in [5.41, 5.74) is 3.13. The van der Waals surface area contributed by atoms with Crippen molar-refractivity contribution in [3.63, 3.8) is 0 Å². The minimum Gasteiger partial charge on any atom is -0.382 e. The molecule has 10 heteroatoms. The number of carbonyl (C=O) groups is 1. The molecular formula is C27H28N8O2. The quantitative estimate of drug-likeness (QED) is 0.333. The predicted molar refractivity (Wildman–Crippen MR) is 146 cm³/mol. The highest BCUT2D eigenvalue weighted by Gasteiger charge is 2.16. The lowest BCUT2D eigenvalue weighted by Gasteiger charge is -2.30. The standard InChI is InChI=1S/C27H28N8O2/c1-3-24(36)31-21-5-4-6-22(15-21)35-17-29-26(37)23-16-28-27(33-25(23)35)32-19-9-7-18(8-10-19)30-20-11-13-34(2)14-12-20/h3-10,15-17,20,30H,1,11-14H2,2H3,(H,31,36)(H,28,32,33). The molecule has 1 aliphatic heterocycles. The smallest absolute Gasteiger partial charge is 0.283 e. The van der Waals surface area contributed by atoms with Crippen LogP contribution in [0.4, 0.5) is 23.0 Å². The van der Waals surface area contributed by atoms with Gasteiger partial charge in [0.1, 0.15) is 11.7 Å². The maximum Gasteiger partial charge on any atom is 0.283 e. The van der Waals surface area contributed by atoms with Crippen molar-refractivity contribution in [2.45, 2.75) is 18.9 Å². The average molecular weight is 497 g/mol. The van der Waals surface area contributed by atoms with Gasteiger partial charge in [-0.2, -0.15) is 9.97 Å². The van der Waals surface area contributed by atoms with Gasteiger partial charge in [-0.3, -0.25) is 14.2 Å². The maximum atomic E-state index is 12.4. The Bertz CT molecular complexity index is 1490. The maximum absolute atomic E-state index is 12.4. The third kappa shape index (κ3) is 5.65. The Balaban J connectivity index is 1.38. The van der Waals surface area contributed by atoms with Crippen LogP contribution in [0.15, 0.2) is 78.5 Å². The minimum absolute atomic E-state index is 0.284. The van der Waals surface area contributed by atoms with Gasteiger partial charge in [-0.05, 0) is 81.5 Å². The molecule has 10 nitrogen and oxygen atoms in total. The van der Waals surface area contributed by atoms with Crippen molar-refractivity contribution in [2.75, 3.05) is 36.1 Å². The first-order valence-electron chi connectivity index (χ1n) is 12.1. The Morgan fingerprint density at radius 3 is 2.57 bits per heavy atom. The Morgan fingerprint density at radius 1 is 1.05 bits per heavy atom. The number of nitrogens with zero attached hydrogens (tertiary/aromatic N) is 5. The number of likely N-dealkylation sites (tertiary alicyclic amines) is 1. The molecule has 188 valence electrons. The van der Waals surface area contributed by atoms with E-state index in [-0.39, 0.29) is 11.3 Å². The number of fused-ring (bicyclic) bond motifs is 1. The molecule has 2 aromatic carbocycles. The molecule has 5 rings (SSSR count). The topological polar surface area (TPSA) is 117 Å². The molecular weight excluding hydrogens is 468 g/mol. The summed E-state index contributed by atoms with van der Waals surface area (Å²) in [5, 5.41) is 9.84. The predicted octanol–water partition coefficient (Wildman–Crippen LogP) is 3.55. The summed E-state index contributed by atoms with van der Waals surface area (Å²) >= 11 is 0. The highest BCUT2D eigenvalue weighted by molar-refractivity contribution is 5.99. The fraction of sp³-hybridized carbons (Fsp3) is 0.222. The summed E-state index contributed by atoms with van der Waals surface area (Å²) in [7, 11) is 2.15. The first-order valence-corrected chi connectivity index (χ1v) is 12.1. The molecule has 0 aliphatic carbocycles. The zero-order valence-corrected chi connectivity index (χ0v) is 20.5. The normalized spacial score (nSPS) is 14.3. The molecule has 0 radical (unpaired) electrons. The van der Waals surface area contributed by atoms with Crippen molar-refractivity contribution in [3.05, 3.63) is 84.1 Å². The van der Waals surface area contributed by atoms with Crippen LogP contribution in [0.25, 0.3) is 16.7 Å². The molecule has 1 saturated heterocycles. The number of piperidine rings is 1. The summed E-state index contributed by atoms with van der Waals surface area (Å²) in [6, 6.07) is 15.6. The van der Waals surface area contributed by atoms with E-state index in [2.05, 4.69) is 49.4 Å². The van der Waals surface area contributed by atoms with Gasteiger partial charge in [-0.25, -0.2) is 4.98 Å². The van der Waals surface area contributed by atoms with E-state index in [0.717, 1.165) is 37.3 Å². The summed E-state index contributed by atoms with van der Waals surface area (Å²) in [5.74, 6) is 0.0282. The van der Waals surface area contributed by atoms with Crippen LogP contribution < -0.4 is 21.5 Å². The van der Waals surface area contributed by atoms with Gasteiger partial charge in [-0.15, -0.1) is 0 Å². The van der Waals surface area contributed by atoms with Crippen LogP contribution in [0, 0.1) is 0 Å². The van der Waals surface area contributed by atoms with Crippen molar-refractivity contribution < 1.29 is 4.79 Å². The second-order valence-electron chi connectivity index (χ2n) is 9.02. The largest absolute Gasteiger partial charge is 0.382 e. The van der Waals surface area contributed by atoms with E-state index in [1.54, 1.807) is 22.8 Å². The van der Waals surface area contributed by atoms with Crippen molar-refractivity contribution in [1.82, 2.24) is 24.4 Å².